The predicted octanol–water partition coefficient (Wildman–Crippen LogP) is 5.07. The van der Waals surface area contributed by atoms with Crippen LogP contribution in [0.5, 0.6) is 0 Å². The second kappa shape index (κ2) is 9.79. The molecule has 2 N–H and O–H groups in total. The molecule has 3 heterocycles. The maximum absolute atomic E-state index is 12.6. The van der Waals surface area contributed by atoms with Gasteiger partial charge in [-0.25, -0.2) is 9.97 Å². The molecule has 0 atom stereocenters. The number of thiazole rings is 1. The van der Waals surface area contributed by atoms with E-state index in [1.165, 1.54) is 0 Å². The number of nitrogens with zero attached hydrogens (tertiary/aromatic N) is 4. The Balaban J connectivity index is 1.30. The van der Waals surface area contributed by atoms with Crippen molar-refractivity contribution in [3.8, 4) is 22.6 Å². The summed E-state index contributed by atoms with van der Waals surface area (Å²) in [5, 5.41) is 3.05. The van der Waals surface area contributed by atoms with Crippen LogP contribution in [0.3, 0.4) is 0 Å². The third-order valence-corrected chi connectivity index (χ3v) is 7.16. The van der Waals surface area contributed by atoms with Crippen molar-refractivity contribution in [2.75, 3.05) is 26.2 Å². The van der Waals surface area contributed by atoms with Crippen molar-refractivity contribution in [2.24, 2.45) is 0 Å². The number of H-pyrrole nitrogens is 1. The molecule has 7 nitrogen and oxygen atoms in total. The maximum atomic E-state index is 12.6. The van der Waals surface area contributed by atoms with Crippen LogP contribution in [0.1, 0.15) is 30.6 Å². The fraction of sp³-hybridized carbons (Fsp3) is 0.269. The molecule has 5 rings (SSSR count). The van der Waals surface area contributed by atoms with Gasteiger partial charge in [-0.15, -0.1) is 0 Å². The molecule has 34 heavy (non-hydrogen) atoms. The van der Waals surface area contributed by atoms with Crippen LogP contribution in [0.15, 0.2) is 61.1 Å². The van der Waals surface area contributed by atoms with Crippen molar-refractivity contribution in [1.29, 1.82) is 0 Å². The van der Waals surface area contributed by atoms with Crippen molar-refractivity contribution < 1.29 is 4.79 Å². The first-order valence-electron chi connectivity index (χ1n) is 11.7. The number of amides is 1. The number of hydrogen-bond acceptors (Lipinski definition) is 5. The highest BCUT2D eigenvalue weighted by Crippen LogP contribution is 2.30. The van der Waals surface area contributed by atoms with Crippen molar-refractivity contribution in [2.45, 2.75) is 20.3 Å². The van der Waals surface area contributed by atoms with Gasteiger partial charge in [0.1, 0.15) is 5.82 Å². The zero-order chi connectivity index (χ0) is 23.5. The van der Waals surface area contributed by atoms with Crippen molar-refractivity contribution in [3.63, 3.8) is 0 Å². The Morgan fingerprint density at radius 2 is 1.91 bits per heavy atom. The van der Waals surface area contributed by atoms with Gasteiger partial charge in [0.05, 0.1) is 15.9 Å². The Hall–Kier alpha value is -3.49. The lowest BCUT2D eigenvalue weighted by Gasteiger charge is -2.17. The first-order valence-corrected chi connectivity index (χ1v) is 12.5. The summed E-state index contributed by atoms with van der Waals surface area (Å²) in [6, 6.07) is 14.1. The smallest absolute Gasteiger partial charge is 0.251 e. The van der Waals surface area contributed by atoms with Crippen molar-refractivity contribution >= 4 is 32.4 Å². The summed E-state index contributed by atoms with van der Waals surface area (Å²) in [6.45, 7) is 8.09. The minimum Gasteiger partial charge on any atom is -0.352 e. The third-order valence-electron chi connectivity index (χ3n) is 6.14. The Labute approximate surface area is 202 Å². The topological polar surface area (TPSA) is 78.3 Å². The first-order chi connectivity index (χ1) is 16.7. The van der Waals surface area contributed by atoms with Crippen LogP contribution in [0.2, 0.25) is 0 Å². The Kier molecular flexibility index (Phi) is 6.42. The van der Waals surface area contributed by atoms with Crippen LogP contribution in [-0.2, 0) is 0 Å². The molecule has 0 fully saturated rings. The molecule has 0 spiro atoms. The van der Waals surface area contributed by atoms with Crippen molar-refractivity contribution in [3.05, 3.63) is 66.6 Å². The van der Waals surface area contributed by atoms with Crippen LogP contribution in [0.4, 0.5) is 0 Å². The number of carbonyl (C=O) groups excluding carboxylic acids is 1. The van der Waals surface area contributed by atoms with Gasteiger partial charge in [0.2, 0.25) is 0 Å². The predicted molar refractivity (Wildman–Crippen MR) is 138 cm³/mol. The summed E-state index contributed by atoms with van der Waals surface area (Å²) in [5.41, 5.74) is 4.77. The number of benzene rings is 2. The molecular formula is C26H28N6OS. The van der Waals surface area contributed by atoms with E-state index < -0.39 is 0 Å². The average molecular weight is 473 g/mol. The number of fused-ring (bicyclic) bond motifs is 3. The summed E-state index contributed by atoms with van der Waals surface area (Å²) in [7, 11) is 0. The Morgan fingerprint density at radius 3 is 2.65 bits per heavy atom. The van der Waals surface area contributed by atoms with Gasteiger partial charge in [-0.1, -0.05) is 49.4 Å². The van der Waals surface area contributed by atoms with Gasteiger partial charge in [-0.3, -0.25) is 9.20 Å². The number of aromatic nitrogens is 4. The van der Waals surface area contributed by atoms with E-state index in [1.807, 2.05) is 36.5 Å². The summed E-state index contributed by atoms with van der Waals surface area (Å²) >= 11 is 1.60. The molecule has 0 aliphatic carbocycles. The molecule has 0 saturated carbocycles. The van der Waals surface area contributed by atoms with E-state index >= 15 is 0 Å². The highest BCUT2D eigenvalue weighted by atomic mass is 32.1. The minimum atomic E-state index is -0.0233. The summed E-state index contributed by atoms with van der Waals surface area (Å²) in [5.74, 6) is 0.830. The van der Waals surface area contributed by atoms with Crippen LogP contribution in [0.25, 0.3) is 37.8 Å². The van der Waals surface area contributed by atoms with E-state index in [2.05, 4.69) is 56.8 Å². The lowest BCUT2D eigenvalue weighted by Crippen LogP contribution is -2.29. The first kappa shape index (κ1) is 22.3. The molecule has 5 aromatic rings. The number of imidazole rings is 2. The van der Waals surface area contributed by atoms with Gasteiger partial charge < -0.3 is 15.2 Å². The van der Waals surface area contributed by atoms with E-state index in [-0.39, 0.29) is 5.91 Å². The van der Waals surface area contributed by atoms with Gasteiger partial charge in [0.15, 0.2) is 4.96 Å². The normalized spacial score (nSPS) is 11.6. The molecule has 2 aromatic carbocycles. The molecule has 0 aliphatic rings. The third kappa shape index (κ3) is 4.47. The number of aromatic amines is 1. The Morgan fingerprint density at radius 1 is 1.12 bits per heavy atom. The highest BCUT2D eigenvalue weighted by Gasteiger charge is 2.13. The Bertz CT molecular complexity index is 1400. The molecule has 1 amide bonds. The lowest BCUT2D eigenvalue weighted by atomic mass is 10.1. The van der Waals surface area contributed by atoms with E-state index in [1.54, 1.807) is 17.5 Å². The van der Waals surface area contributed by atoms with Gasteiger partial charge >= 0.3 is 0 Å². The van der Waals surface area contributed by atoms with Gasteiger partial charge in [0.25, 0.3) is 5.91 Å². The van der Waals surface area contributed by atoms with E-state index in [0.29, 0.717) is 12.1 Å². The fourth-order valence-electron chi connectivity index (χ4n) is 4.15. The zero-order valence-corrected chi connectivity index (χ0v) is 20.2. The zero-order valence-electron chi connectivity index (χ0n) is 19.4. The summed E-state index contributed by atoms with van der Waals surface area (Å²) in [4.78, 5) is 28.2. The number of rotatable bonds is 9. The van der Waals surface area contributed by atoms with Crippen molar-refractivity contribution in [1.82, 2.24) is 29.6 Å². The van der Waals surface area contributed by atoms with E-state index in [0.717, 1.165) is 63.9 Å². The molecule has 174 valence electrons. The molecule has 0 bridgehead atoms. The molecular weight excluding hydrogens is 444 g/mol. The van der Waals surface area contributed by atoms with Gasteiger partial charge in [-0.2, -0.15) is 0 Å². The monoisotopic (exact) mass is 472 g/mol. The van der Waals surface area contributed by atoms with Crippen LogP contribution >= 0.6 is 11.3 Å². The summed E-state index contributed by atoms with van der Waals surface area (Å²) in [6.07, 6.45) is 6.58. The molecule has 3 aromatic heterocycles. The molecule has 0 radical (unpaired) electrons. The minimum absolute atomic E-state index is 0.0233. The van der Waals surface area contributed by atoms with Crippen LogP contribution < -0.4 is 5.32 Å². The summed E-state index contributed by atoms with van der Waals surface area (Å²) < 4.78 is 3.15. The van der Waals surface area contributed by atoms with Gasteiger partial charge in [0, 0.05) is 41.8 Å². The lowest BCUT2D eigenvalue weighted by molar-refractivity contribution is 0.0952. The largest absolute Gasteiger partial charge is 0.352 e. The average Bonchev–Trinajstić information content (AvgIpc) is 3.60. The second-order valence-corrected chi connectivity index (χ2v) is 9.22. The second-order valence-electron chi connectivity index (χ2n) is 8.21. The number of hydrogen-bond donors (Lipinski definition) is 2. The maximum Gasteiger partial charge on any atom is 0.251 e. The van der Waals surface area contributed by atoms with Gasteiger partial charge in [-0.05, 0) is 44.3 Å². The molecule has 8 heteroatoms. The molecule has 0 unspecified atom stereocenters. The van der Waals surface area contributed by atoms with Crippen LogP contribution in [-0.4, -0.2) is 56.3 Å². The van der Waals surface area contributed by atoms with E-state index in [9.17, 15) is 4.79 Å². The molecule has 0 aliphatic heterocycles. The quantitative estimate of drug-likeness (QED) is 0.294. The number of nitrogens with one attached hydrogen (secondary N) is 2. The number of carbonyl (C=O) groups is 1. The molecule has 0 saturated heterocycles. The van der Waals surface area contributed by atoms with E-state index in [4.69, 9.17) is 4.98 Å². The highest BCUT2D eigenvalue weighted by molar-refractivity contribution is 7.23. The fourth-order valence-corrected chi connectivity index (χ4v) is 5.20. The standard InChI is InChI=1S/C26H28N6OS/c1-3-31(4-2)15-5-12-29-25(33)20-10-11-22-23(16-20)34-26-30-21(17-32(22)26)18-6-8-19(9-7-18)24-27-13-14-28-24/h6-11,13-14,16-17H,3-5,12,15H2,1-2H3,(H,27,28)(H,29,33). The van der Waals surface area contributed by atoms with Crippen LogP contribution in [0, 0.1) is 0 Å². The SMILES string of the molecule is CCN(CC)CCCNC(=O)c1ccc2c(c1)sc1nc(-c3ccc(-c4ncc[nH]4)cc3)cn12.